The highest BCUT2D eigenvalue weighted by Gasteiger charge is 2.11. The molecular weight excluding hydrogens is 342 g/mol. The number of hydrogen-bond donors (Lipinski definition) is 3. The number of benzene rings is 2. The van der Waals surface area contributed by atoms with Crippen molar-refractivity contribution in [2.24, 2.45) is 5.14 Å². The van der Waals surface area contributed by atoms with Gasteiger partial charge in [0.25, 0.3) is 0 Å². The second-order valence-corrected chi connectivity index (χ2v) is 6.86. The Bertz CT molecular complexity index is 760. The van der Waals surface area contributed by atoms with Crippen molar-refractivity contribution < 1.29 is 8.42 Å². The quantitative estimate of drug-likeness (QED) is 0.737. The van der Waals surface area contributed by atoms with E-state index < -0.39 is 10.0 Å². The van der Waals surface area contributed by atoms with Gasteiger partial charge in [-0.15, -0.1) is 0 Å². The average Bonchev–Trinajstić information content (AvgIpc) is 2.33. The molecule has 20 heavy (non-hydrogen) atoms. The molecule has 0 heterocycles. The fourth-order valence-corrected chi connectivity index (χ4v) is 2.75. The van der Waals surface area contributed by atoms with Gasteiger partial charge in [0, 0.05) is 10.2 Å². The number of anilines is 3. The molecule has 0 saturated carbocycles. The highest BCUT2D eigenvalue weighted by molar-refractivity contribution is 9.10. The van der Waals surface area contributed by atoms with Crippen LogP contribution < -0.4 is 16.2 Å². The Kier molecular flexibility index (Phi) is 4.03. The molecule has 0 fully saturated rings. The Hall–Kier alpha value is -1.57. The predicted octanol–water partition coefficient (Wildman–Crippen LogP) is 2.73. The van der Waals surface area contributed by atoms with Crippen molar-refractivity contribution in [2.45, 2.75) is 11.8 Å². The van der Waals surface area contributed by atoms with Crippen LogP contribution in [0.2, 0.25) is 0 Å². The van der Waals surface area contributed by atoms with Crippen LogP contribution in [0.3, 0.4) is 0 Å². The first kappa shape index (κ1) is 14.8. The summed E-state index contributed by atoms with van der Waals surface area (Å²) in [5.41, 5.74) is 8.64. The lowest BCUT2D eigenvalue weighted by Crippen LogP contribution is -2.12. The highest BCUT2D eigenvalue weighted by Crippen LogP contribution is 2.28. The number of nitrogens with two attached hydrogens (primary N) is 2. The van der Waals surface area contributed by atoms with Gasteiger partial charge in [0.1, 0.15) is 0 Å². The van der Waals surface area contributed by atoms with E-state index >= 15 is 0 Å². The van der Waals surface area contributed by atoms with Gasteiger partial charge in [-0.1, -0.05) is 15.9 Å². The summed E-state index contributed by atoms with van der Waals surface area (Å²) in [6, 6.07) is 10.0. The van der Waals surface area contributed by atoms with Gasteiger partial charge >= 0.3 is 0 Å². The zero-order valence-electron chi connectivity index (χ0n) is 10.7. The molecule has 0 amide bonds. The summed E-state index contributed by atoms with van der Waals surface area (Å²) in [4.78, 5) is 0.0176. The van der Waals surface area contributed by atoms with Crippen LogP contribution in [0.4, 0.5) is 17.1 Å². The zero-order valence-corrected chi connectivity index (χ0v) is 13.1. The molecule has 2 rings (SSSR count). The van der Waals surface area contributed by atoms with Crippen molar-refractivity contribution in [3.63, 3.8) is 0 Å². The van der Waals surface area contributed by atoms with E-state index in [4.69, 9.17) is 10.9 Å². The van der Waals surface area contributed by atoms with Crippen LogP contribution in [-0.4, -0.2) is 8.42 Å². The lowest BCUT2D eigenvalue weighted by molar-refractivity contribution is 0.598. The molecule has 5 nitrogen and oxygen atoms in total. The van der Waals surface area contributed by atoms with E-state index in [1.165, 1.54) is 18.2 Å². The molecule has 0 spiro atoms. The summed E-state index contributed by atoms with van der Waals surface area (Å²) >= 11 is 3.39. The summed E-state index contributed by atoms with van der Waals surface area (Å²) in [6.45, 7) is 1.94. The van der Waals surface area contributed by atoms with Crippen LogP contribution >= 0.6 is 15.9 Å². The first-order valence-corrected chi connectivity index (χ1v) is 8.07. The molecule has 0 bridgehead atoms. The van der Waals surface area contributed by atoms with E-state index in [0.717, 1.165) is 15.7 Å². The standard InChI is InChI=1S/C13H14BrN3O2S/c1-8-6-9(14)2-5-12(8)17-13-7-10(20(16,18)19)3-4-11(13)15/h2-7,17H,15H2,1H3,(H2,16,18,19). The number of halogens is 1. The molecule has 0 radical (unpaired) electrons. The zero-order chi connectivity index (χ0) is 14.9. The highest BCUT2D eigenvalue weighted by atomic mass is 79.9. The molecule has 2 aromatic rings. The van der Waals surface area contributed by atoms with Gasteiger partial charge in [-0.25, -0.2) is 13.6 Å². The van der Waals surface area contributed by atoms with Crippen LogP contribution in [0.25, 0.3) is 0 Å². The molecule has 0 saturated heterocycles. The SMILES string of the molecule is Cc1cc(Br)ccc1Nc1cc(S(N)(=O)=O)ccc1N. The number of nitrogens with one attached hydrogen (secondary N) is 1. The Labute approximate surface area is 126 Å². The Morgan fingerprint density at radius 2 is 1.80 bits per heavy atom. The van der Waals surface area contributed by atoms with Crippen LogP contribution in [0, 0.1) is 6.92 Å². The molecule has 106 valence electrons. The number of rotatable bonds is 3. The van der Waals surface area contributed by atoms with Crippen molar-refractivity contribution >= 4 is 43.0 Å². The van der Waals surface area contributed by atoms with Crippen molar-refractivity contribution in [3.05, 3.63) is 46.4 Å². The molecule has 0 aliphatic rings. The maximum absolute atomic E-state index is 11.4. The summed E-state index contributed by atoms with van der Waals surface area (Å²) in [5.74, 6) is 0. The van der Waals surface area contributed by atoms with Gasteiger partial charge in [0.15, 0.2) is 0 Å². The minimum atomic E-state index is -3.75. The summed E-state index contributed by atoms with van der Waals surface area (Å²) in [5, 5.41) is 8.23. The van der Waals surface area contributed by atoms with E-state index in [1.807, 2.05) is 25.1 Å². The maximum atomic E-state index is 11.4. The molecule has 7 heteroatoms. The second-order valence-electron chi connectivity index (χ2n) is 4.38. The van der Waals surface area contributed by atoms with Crippen LogP contribution in [0.5, 0.6) is 0 Å². The predicted molar refractivity (Wildman–Crippen MR) is 84.4 cm³/mol. The molecule has 0 atom stereocenters. The van der Waals surface area contributed by atoms with Crippen LogP contribution in [0.1, 0.15) is 5.56 Å². The Morgan fingerprint density at radius 3 is 2.40 bits per heavy atom. The lowest BCUT2D eigenvalue weighted by atomic mass is 10.2. The number of aryl methyl sites for hydroxylation is 1. The first-order chi connectivity index (χ1) is 9.27. The number of sulfonamides is 1. The Balaban J connectivity index is 2.43. The topological polar surface area (TPSA) is 98.2 Å². The Morgan fingerprint density at radius 1 is 1.10 bits per heavy atom. The fraction of sp³-hybridized carbons (Fsp3) is 0.0769. The summed E-state index contributed by atoms with van der Waals surface area (Å²) < 4.78 is 23.7. The fourth-order valence-electron chi connectivity index (χ4n) is 1.73. The number of nitrogen functional groups attached to an aromatic ring is 1. The number of hydrogen-bond acceptors (Lipinski definition) is 4. The van der Waals surface area contributed by atoms with Crippen molar-refractivity contribution in [3.8, 4) is 0 Å². The van der Waals surface area contributed by atoms with E-state index in [0.29, 0.717) is 11.4 Å². The van der Waals surface area contributed by atoms with E-state index in [1.54, 1.807) is 0 Å². The van der Waals surface area contributed by atoms with E-state index in [-0.39, 0.29) is 4.90 Å². The minimum absolute atomic E-state index is 0.0176. The van der Waals surface area contributed by atoms with Crippen LogP contribution in [0.15, 0.2) is 45.8 Å². The smallest absolute Gasteiger partial charge is 0.238 e. The van der Waals surface area contributed by atoms with Gasteiger partial charge in [-0.3, -0.25) is 0 Å². The third-order valence-corrected chi connectivity index (χ3v) is 4.22. The van der Waals surface area contributed by atoms with Gasteiger partial charge in [-0.2, -0.15) is 0 Å². The van der Waals surface area contributed by atoms with E-state index in [2.05, 4.69) is 21.2 Å². The van der Waals surface area contributed by atoms with Gasteiger partial charge < -0.3 is 11.1 Å². The average molecular weight is 356 g/mol. The second kappa shape index (κ2) is 5.43. The molecular formula is C13H14BrN3O2S. The summed E-state index contributed by atoms with van der Waals surface area (Å²) in [6.07, 6.45) is 0. The lowest BCUT2D eigenvalue weighted by Gasteiger charge is -2.13. The molecule has 0 aliphatic heterocycles. The van der Waals surface area contributed by atoms with E-state index in [9.17, 15) is 8.42 Å². The third-order valence-electron chi connectivity index (χ3n) is 2.81. The first-order valence-electron chi connectivity index (χ1n) is 5.73. The van der Waals surface area contributed by atoms with Crippen molar-refractivity contribution in [1.29, 1.82) is 0 Å². The molecule has 0 aliphatic carbocycles. The minimum Gasteiger partial charge on any atom is -0.397 e. The normalized spacial score (nSPS) is 11.3. The monoisotopic (exact) mass is 355 g/mol. The number of primary sulfonamides is 1. The molecule has 0 aromatic heterocycles. The van der Waals surface area contributed by atoms with Gasteiger partial charge in [0.2, 0.25) is 10.0 Å². The molecule has 0 unspecified atom stereocenters. The molecule has 5 N–H and O–H groups in total. The van der Waals surface area contributed by atoms with Gasteiger partial charge in [-0.05, 0) is 48.9 Å². The maximum Gasteiger partial charge on any atom is 0.238 e. The van der Waals surface area contributed by atoms with Crippen molar-refractivity contribution in [1.82, 2.24) is 0 Å². The van der Waals surface area contributed by atoms with Crippen LogP contribution in [-0.2, 0) is 10.0 Å². The summed E-state index contributed by atoms with van der Waals surface area (Å²) in [7, 11) is -3.75. The largest absolute Gasteiger partial charge is 0.397 e. The third kappa shape index (κ3) is 3.30. The van der Waals surface area contributed by atoms with Gasteiger partial charge in [0.05, 0.1) is 16.3 Å². The molecule has 2 aromatic carbocycles. The van der Waals surface area contributed by atoms with Crippen molar-refractivity contribution in [2.75, 3.05) is 11.1 Å².